The van der Waals surface area contributed by atoms with Gasteiger partial charge in [-0.25, -0.2) is 4.57 Å². The fourth-order valence-corrected chi connectivity index (χ4v) is 3.94. The van der Waals surface area contributed by atoms with Crippen LogP contribution in [0.1, 0.15) is 25.0 Å². The lowest BCUT2D eigenvalue weighted by Crippen LogP contribution is -2.20. The molecule has 0 N–H and O–H groups in total. The lowest BCUT2D eigenvalue weighted by Gasteiger charge is -2.22. The Morgan fingerprint density at radius 3 is 2.39 bits per heavy atom. The molecule has 2 unspecified atom stereocenters. The molecule has 0 fully saturated rings. The van der Waals surface area contributed by atoms with Gasteiger partial charge in [-0.15, -0.1) is 0 Å². The van der Waals surface area contributed by atoms with Gasteiger partial charge in [-0.05, 0) is 37.8 Å². The van der Waals surface area contributed by atoms with Crippen LogP contribution < -0.4 is 0 Å². The number of carbonyl (C=O) groups excluding carboxylic acids is 1. The Kier molecular flexibility index (Phi) is 6.36. The maximum absolute atomic E-state index is 12.7. The summed E-state index contributed by atoms with van der Waals surface area (Å²) in [7, 11) is -2.41. The van der Waals surface area contributed by atoms with E-state index in [1.807, 2.05) is 24.3 Å². The van der Waals surface area contributed by atoms with Gasteiger partial charge in [-0.2, -0.15) is 0 Å². The Labute approximate surface area is 136 Å². The number of ether oxygens (including phenoxy) is 1. The summed E-state index contributed by atoms with van der Waals surface area (Å²) in [5.41, 5.74) is 2.37. The van der Waals surface area contributed by atoms with Crippen molar-refractivity contribution in [3.8, 4) is 0 Å². The SMILES string of the molecule is CCOP(=O)(OCC(C)C(=O)OC)OC1Cc2ccccc2C1. The van der Waals surface area contributed by atoms with E-state index in [1.54, 1.807) is 13.8 Å². The molecule has 128 valence electrons. The quantitative estimate of drug-likeness (QED) is 0.534. The van der Waals surface area contributed by atoms with Crippen LogP contribution in [-0.4, -0.2) is 32.4 Å². The van der Waals surface area contributed by atoms with E-state index in [0.29, 0.717) is 12.8 Å². The normalized spacial score (nSPS) is 18.2. The van der Waals surface area contributed by atoms with Crippen molar-refractivity contribution in [3.63, 3.8) is 0 Å². The van der Waals surface area contributed by atoms with Gasteiger partial charge < -0.3 is 4.74 Å². The molecule has 0 aliphatic heterocycles. The maximum atomic E-state index is 12.7. The number of methoxy groups -OCH3 is 1. The van der Waals surface area contributed by atoms with Crippen LogP contribution in [-0.2, 0) is 40.5 Å². The first kappa shape index (κ1) is 18.1. The molecule has 0 saturated heterocycles. The number of carbonyl (C=O) groups is 1. The first-order valence-corrected chi connectivity index (χ1v) is 9.15. The van der Waals surface area contributed by atoms with E-state index in [9.17, 15) is 9.36 Å². The van der Waals surface area contributed by atoms with Crippen LogP contribution in [0.3, 0.4) is 0 Å². The van der Waals surface area contributed by atoms with Gasteiger partial charge in [0, 0.05) is 0 Å². The number of esters is 1. The van der Waals surface area contributed by atoms with Gasteiger partial charge in [0.2, 0.25) is 0 Å². The van der Waals surface area contributed by atoms with Crippen molar-refractivity contribution in [2.75, 3.05) is 20.3 Å². The van der Waals surface area contributed by atoms with E-state index in [1.165, 1.54) is 18.2 Å². The van der Waals surface area contributed by atoms with Crippen LogP contribution in [0, 0.1) is 5.92 Å². The van der Waals surface area contributed by atoms with Gasteiger partial charge in [-0.1, -0.05) is 24.3 Å². The lowest BCUT2D eigenvalue weighted by atomic mass is 10.1. The summed E-state index contributed by atoms with van der Waals surface area (Å²) in [5.74, 6) is -0.973. The predicted molar refractivity (Wildman–Crippen MR) is 85.1 cm³/mol. The molecule has 0 amide bonds. The number of phosphoric acid groups is 1. The van der Waals surface area contributed by atoms with E-state index in [2.05, 4.69) is 4.74 Å². The summed E-state index contributed by atoms with van der Waals surface area (Å²) in [6.07, 6.45) is 1.09. The Balaban J connectivity index is 1.95. The van der Waals surface area contributed by atoms with Crippen LogP contribution in [0.15, 0.2) is 24.3 Å². The molecule has 1 aliphatic carbocycles. The third kappa shape index (κ3) is 4.88. The molecule has 2 rings (SSSR count). The number of hydrogen-bond acceptors (Lipinski definition) is 6. The first-order chi connectivity index (χ1) is 11.0. The third-order valence-corrected chi connectivity index (χ3v) is 5.26. The second kappa shape index (κ2) is 8.06. The van der Waals surface area contributed by atoms with E-state index < -0.39 is 19.7 Å². The van der Waals surface area contributed by atoms with Crippen molar-refractivity contribution in [1.29, 1.82) is 0 Å². The number of fused-ring (bicyclic) bond motifs is 1. The van der Waals surface area contributed by atoms with Crippen molar-refractivity contribution < 1.29 is 27.7 Å². The van der Waals surface area contributed by atoms with E-state index in [-0.39, 0.29) is 19.3 Å². The Morgan fingerprint density at radius 1 is 1.26 bits per heavy atom. The van der Waals surface area contributed by atoms with Gasteiger partial charge in [0.1, 0.15) is 0 Å². The largest absolute Gasteiger partial charge is 0.475 e. The second-order valence-corrected chi connectivity index (χ2v) is 7.11. The Bertz CT molecular complexity index is 563. The zero-order chi connectivity index (χ0) is 16.9. The highest BCUT2D eigenvalue weighted by Gasteiger charge is 2.34. The Hall–Kier alpha value is -1.20. The number of rotatable bonds is 8. The van der Waals surface area contributed by atoms with Crippen LogP contribution in [0.4, 0.5) is 0 Å². The number of hydrogen-bond donors (Lipinski definition) is 0. The fourth-order valence-electron chi connectivity index (χ4n) is 2.50. The molecule has 0 aromatic heterocycles. The molecule has 2 atom stereocenters. The summed E-state index contributed by atoms with van der Waals surface area (Å²) in [6, 6.07) is 8.00. The molecule has 0 spiro atoms. The van der Waals surface area contributed by atoms with Crippen LogP contribution in [0.25, 0.3) is 0 Å². The minimum atomic E-state index is -3.71. The van der Waals surface area contributed by atoms with Crippen LogP contribution in [0.2, 0.25) is 0 Å². The van der Waals surface area contributed by atoms with Crippen molar-refractivity contribution in [2.24, 2.45) is 5.92 Å². The van der Waals surface area contributed by atoms with Gasteiger partial charge >= 0.3 is 13.8 Å². The molecule has 0 bridgehead atoms. The van der Waals surface area contributed by atoms with Crippen LogP contribution >= 0.6 is 7.82 Å². The monoisotopic (exact) mass is 342 g/mol. The average Bonchev–Trinajstić information content (AvgIpc) is 2.93. The zero-order valence-corrected chi connectivity index (χ0v) is 14.6. The van der Waals surface area contributed by atoms with Crippen molar-refractivity contribution in [2.45, 2.75) is 32.8 Å². The Morgan fingerprint density at radius 2 is 1.87 bits per heavy atom. The molecular weight excluding hydrogens is 319 g/mol. The smallest absolute Gasteiger partial charge is 0.469 e. The molecule has 23 heavy (non-hydrogen) atoms. The van der Waals surface area contributed by atoms with E-state index in [0.717, 1.165) is 0 Å². The zero-order valence-electron chi connectivity index (χ0n) is 13.7. The number of benzene rings is 1. The minimum absolute atomic E-state index is 0.0797. The topological polar surface area (TPSA) is 71.1 Å². The van der Waals surface area contributed by atoms with Crippen molar-refractivity contribution in [1.82, 2.24) is 0 Å². The molecule has 7 heteroatoms. The molecule has 1 aromatic rings. The first-order valence-electron chi connectivity index (χ1n) is 7.69. The maximum Gasteiger partial charge on any atom is 0.475 e. The van der Waals surface area contributed by atoms with Crippen molar-refractivity contribution >= 4 is 13.8 Å². The lowest BCUT2D eigenvalue weighted by molar-refractivity contribution is -0.145. The molecule has 0 heterocycles. The van der Waals surface area contributed by atoms with Gasteiger partial charge in [0.15, 0.2) is 0 Å². The fraction of sp³-hybridized carbons (Fsp3) is 0.562. The molecule has 1 aliphatic rings. The summed E-state index contributed by atoms with van der Waals surface area (Å²) in [4.78, 5) is 11.4. The molecule has 0 radical (unpaired) electrons. The molecule has 1 aromatic carbocycles. The van der Waals surface area contributed by atoms with Gasteiger partial charge in [0.05, 0.1) is 32.3 Å². The van der Waals surface area contributed by atoms with Crippen LogP contribution in [0.5, 0.6) is 0 Å². The summed E-state index contributed by atoms with van der Waals surface area (Å²) in [5, 5.41) is 0. The van der Waals surface area contributed by atoms with Gasteiger partial charge in [-0.3, -0.25) is 18.4 Å². The summed E-state index contributed by atoms with van der Waals surface area (Å²) < 4.78 is 33.5. The predicted octanol–water partition coefficient (Wildman–Crippen LogP) is 3.14. The second-order valence-electron chi connectivity index (χ2n) is 5.49. The molecule has 0 saturated carbocycles. The minimum Gasteiger partial charge on any atom is -0.469 e. The van der Waals surface area contributed by atoms with E-state index in [4.69, 9.17) is 13.6 Å². The van der Waals surface area contributed by atoms with Crippen molar-refractivity contribution in [3.05, 3.63) is 35.4 Å². The highest BCUT2D eigenvalue weighted by atomic mass is 31.2. The number of phosphoric ester groups is 1. The van der Waals surface area contributed by atoms with E-state index >= 15 is 0 Å². The standard InChI is InChI=1S/C16H23O6P/c1-4-20-23(18,21-11-12(2)16(17)19-3)22-15-9-13-7-5-6-8-14(13)10-15/h5-8,12,15H,4,9-11H2,1-3H3. The average molecular weight is 342 g/mol. The third-order valence-electron chi connectivity index (χ3n) is 3.67. The van der Waals surface area contributed by atoms with Gasteiger partial charge in [0.25, 0.3) is 0 Å². The highest BCUT2D eigenvalue weighted by molar-refractivity contribution is 7.48. The highest BCUT2D eigenvalue weighted by Crippen LogP contribution is 2.52. The molecular formula is C16H23O6P. The summed E-state index contributed by atoms with van der Waals surface area (Å²) in [6.45, 7) is 3.47. The molecule has 6 nitrogen and oxygen atoms in total. The summed E-state index contributed by atoms with van der Waals surface area (Å²) >= 11 is 0.